The summed E-state index contributed by atoms with van der Waals surface area (Å²) >= 11 is 0. The molecule has 1 aromatic rings. The van der Waals surface area contributed by atoms with Gasteiger partial charge in [-0.15, -0.1) is 6.58 Å². The first kappa shape index (κ1) is 11.7. The number of aliphatic imine (C=N–C) groups is 1. The van der Waals surface area contributed by atoms with Crippen LogP contribution < -0.4 is 0 Å². The van der Waals surface area contributed by atoms with Gasteiger partial charge in [-0.1, -0.05) is 36.4 Å². The summed E-state index contributed by atoms with van der Waals surface area (Å²) in [6.07, 6.45) is 5.69. The number of hydrogen-bond donors (Lipinski definition) is 0. The molecule has 0 N–H and O–H groups in total. The Hall–Kier alpha value is -1.37. The predicted octanol–water partition coefficient (Wildman–Crippen LogP) is 3.65. The van der Waals surface area contributed by atoms with E-state index >= 15 is 0 Å². The van der Waals surface area contributed by atoms with Crippen molar-refractivity contribution >= 4 is 6.21 Å². The largest absolute Gasteiger partial charge is 0.291 e. The number of nitrogens with zero attached hydrogens (tertiary/aromatic N) is 1. The zero-order valence-corrected chi connectivity index (χ0v) is 9.61. The van der Waals surface area contributed by atoms with Crippen molar-refractivity contribution in [3.63, 3.8) is 0 Å². The van der Waals surface area contributed by atoms with Crippen LogP contribution in [-0.2, 0) is 6.42 Å². The third-order valence-electron chi connectivity index (χ3n) is 2.45. The van der Waals surface area contributed by atoms with Crippen molar-refractivity contribution in [3.05, 3.63) is 48.6 Å². The van der Waals surface area contributed by atoms with E-state index in [4.69, 9.17) is 0 Å². The van der Waals surface area contributed by atoms with Gasteiger partial charge in [-0.2, -0.15) is 0 Å². The van der Waals surface area contributed by atoms with E-state index in [1.165, 1.54) is 5.56 Å². The molecule has 0 fully saturated rings. The lowest BCUT2D eigenvalue weighted by atomic mass is 9.90. The van der Waals surface area contributed by atoms with Crippen molar-refractivity contribution in [2.75, 3.05) is 0 Å². The van der Waals surface area contributed by atoms with Gasteiger partial charge >= 0.3 is 0 Å². The monoisotopic (exact) mass is 201 g/mol. The van der Waals surface area contributed by atoms with Crippen LogP contribution in [0.15, 0.2) is 48.0 Å². The third kappa shape index (κ3) is 3.70. The molecule has 0 aromatic heterocycles. The van der Waals surface area contributed by atoms with Crippen molar-refractivity contribution in [1.82, 2.24) is 0 Å². The molecule has 0 aliphatic heterocycles. The van der Waals surface area contributed by atoms with E-state index in [9.17, 15) is 0 Å². The van der Waals surface area contributed by atoms with Gasteiger partial charge in [0, 0.05) is 0 Å². The quantitative estimate of drug-likeness (QED) is 0.509. The minimum absolute atomic E-state index is 0.0438. The van der Waals surface area contributed by atoms with Gasteiger partial charge in [0.1, 0.15) is 0 Å². The van der Waals surface area contributed by atoms with Crippen LogP contribution in [0.1, 0.15) is 25.8 Å². The molecular formula is C14H19N. The van der Waals surface area contributed by atoms with E-state index < -0.39 is 0 Å². The first-order valence-electron chi connectivity index (χ1n) is 5.35. The van der Waals surface area contributed by atoms with Gasteiger partial charge in [0.2, 0.25) is 0 Å². The van der Waals surface area contributed by atoms with Gasteiger partial charge in [0.05, 0.1) is 5.54 Å². The molecular weight excluding hydrogens is 182 g/mol. The molecule has 0 saturated heterocycles. The Kier molecular flexibility index (Phi) is 4.29. The molecule has 0 aliphatic rings. The Bertz CT molecular complexity index is 326. The average molecular weight is 201 g/mol. The highest BCUT2D eigenvalue weighted by molar-refractivity contribution is 5.54. The van der Waals surface area contributed by atoms with E-state index in [1.807, 2.05) is 25.3 Å². The summed E-state index contributed by atoms with van der Waals surface area (Å²) < 4.78 is 0. The maximum atomic E-state index is 4.54. The van der Waals surface area contributed by atoms with Crippen LogP contribution in [0.4, 0.5) is 0 Å². The molecule has 1 rings (SSSR count). The van der Waals surface area contributed by atoms with Crippen molar-refractivity contribution < 1.29 is 0 Å². The standard InChI is InChI=1S/C14H19N/c1-4-11-14(3,15-5-2)12-13-9-7-6-8-10-13/h4-10H,1,11-12H2,2-3H3. The molecule has 1 atom stereocenters. The van der Waals surface area contributed by atoms with Crippen molar-refractivity contribution in [3.8, 4) is 0 Å². The van der Waals surface area contributed by atoms with Crippen LogP contribution >= 0.6 is 0 Å². The molecule has 0 bridgehead atoms. The van der Waals surface area contributed by atoms with Crippen LogP contribution in [0.3, 0.4) is 0 Å². The Morgan fingerprint density at radius 3 is 2.53 bits per heavy atom. The maximum absolute atomic E-state index is 4.54. The number of rotatable bonds is 5. The molecule has 0 amide bonds. The number of benzene rings is 1. The fraction of sp³-hybridized carbons (Fsp3) is 0.357. The van der Waals surface area contributed by atoms with Gasteiger partial charge in [0.25, 0.3) is 0 Å². The van der Waals surface area contributed by atoms with E-state index in [0.29, 0.717) is 0 Å². The average Bonchev–Trinajstić information content (AvgIpc) is 2.19. The Morgan fingerprint density at radius 2 is 2.00 bits per heavy atom. The molecule has 1 nitrogen and oxygen atoms in total. The molecule has 1 heteroatoms. The molecule has 1 aromatic carbocycles. The lowest BCUT2D eigenvalue weighted by Gasteiger charge is -2.23. The topological polar surface area (TPSA) is 12.4 Å². The molecule has 80 valence electrons. The summed E-state index contributed by atoms with van der Waals surface area (Å²) in [5.41, 5.74) is 1.28. The molecule has 15 heavy (non-hydrogen) atoms. The predicted molar refractivity (Wildman–Crippen MR) is 67.5 cm³/mol. The second-order valence-electron chi connectivity index (χ2n) is 4.04. The lowest BCUT2D eigenvalue weighted by Crippen LogP contribution is -2.24. The van der Waals surface area contributed by atoms with Crippen LogP contribution in [0, 0.1) is 0 Å². The Labute approximate surface area is 92.6 Å². The fourth-order valence-corrected chi connectivity index (χ4v) is 1.83. The molecule has 0 aliphatic carbocycles. The van der Waals surface area contributed by atoms with Crippen molar-refractivity contribution in [1.29, 1.82) is 0 Å². The van der Waals surface area contributed by atoms with Crippen molar-refractivity contribution in [2.24, 2.45) is 4.99 Å². The summed E-state index contributed by atoms with van der Waals surface area (Å²) in [6.45, 7) is 7.93. The van der Waals surface area contributed by atoms with E-state index in [1.54, 1.807) is 0 Å². The van der Waals surface area contributed by atoms with E-state index in [-0.39, 0.29) is 5.54 Å². The van der Waals surface area contributed by atoms with Gasteiger partial charge in [-0.05, 0) is 38.5 Å². The maximum Gasteiger partial charge on any atom is 0.0650 e. The summed E-state index contributed by atoms with van der Waals surface area (Å²) in [5, 5.41) is 0. The number of hydrogen-bond acceptors (Lipinski definition) is 1. The normalized spacial score (nSPS) is 15.1. The first-order chi connectivity index (χ1) is 7.20. The van der Waals surface area contributed by atoms with E-state index in [2.05, 4.69) is 42.8 Å². The van der Waals surface area contributed by atoms with Gasteiger partial charge < -0.3 is 0 Å². The minimum Gasteiger partial charge on any atom is -0.291 e. The molecule has 0 heterocycles. The molecule has 1 unspecified atom stereocenters. The van der Waals surface area contributed by atoms with Crippen LogP contribution in [0.5, 0.6) is 0 Å². The van der Waals surface area contributed by atoms with Gasteiger partial charge in [0.15, 0.2) is 0 Å². The highest BCUT2D eigenvalue weighted by Gasteiger charge is 2.20. The summed E-state index contributed by atoms with van der Waals surface area (Å²) in [5.74, 6) is 0. The first-order valence-corrected chi connectivity index (χ1v) is 5.35. The molecule has 0 saturated carbocycles. The van der Waals surface area contributed by atoms with Gasteiger partial charge in [-0.3, -0.25) is 4.99 Å². The third-order valence-corrected chi connectivity index (χ3v) is 2.45. The zero-order valence-electron chi connectivity index (χ0n) is 9.61. The van der Waals surface area contributed by atoms with Gasteiger partial charge in [-0.25, -0.2) is 0 Å². The second-order valence-corrected chi connectivity index (χ2v) is 4.04. The SMILES string of the molecule is C=CCC(C)(Cc1ccccc1)N=CC. The summed E-state index contributed by atoms with van der Waals surface area (Å²) in [4.78, 5) is 4.54. The zero-order chi connectivity index (χ0) is 11.1. The Morgan fingerprint density at radius 1 is 1.33 bits per heavy atom. The summed E-state index contributed by atoms with van der Waals surface area (Å²) in [7, 11) is 0. The van der Waals surface area contributed by atoms with Crippen molar-refractivity contribution in [2.45, 2.75) is 32.2 Å². The van der Waals surface area contributed by atoms with Crippen LogP contribution in [-0.4, -0.2) is 11.8 Å². The highest BCUT2D eigenvalue weighted by atomic mass is 14.8. The van der Waals surface area contributed by atoms with Crippen LogP contribution in [0.2, 0.25) is 0 Å². The summed E-state index contributed by atoms with van der Waals surface area (Å²) in [6, 6.07) is 10.5. The minimum atomic E-state index is -0.0438. The smallest absolute Gasteiger partial charge is 0.0650 e. The fourth-order valence-electron chi connectivity index (χ4n) is 1.83. The lowest BCUT2D eigenvalue weighted by molar-refractivity contribution is 0.477. The Balaban J connectivity index is 2.79. The molecule has 0 spiro atoms. The second kappa shape index (κ2) is 5.50. The highest BCUT2D eigenvalue weighted by Crippen LogP contribution is 2.21. The van der Waals surface area contributed by atoms with E-state index in [0.717, 1.165) is 12.8 Å². The van der Waals surface area contributed by atoms with Crippen LogP contribution in [0.25, 0.3) is 0 Å². The molecule has 0 radical (unpaired) electrons.